The van der Waals surface area contributed by atoms with Crippen LogP contribution in [0.3, 0.4) is 0 Å². The van der Waals surface area contributed by atoms with Crippen LogP contribution in [0.2, 0.25) is 0 Å². The van der Waals surface area contributed by atoms with E-state index in [1.807, 2.05) is 37.3 Å². The van der Waals surface area contributed by atoms with Crippen LogP contribution in [-0.4, -0.2) is 32.6 Å². The van der Waals surface area contributed by atoms with E-state index in [9.17, 15) is 14.9 Å². The third-order valence-corrected chi connectivity index (χ3v) is 3.97. The van der Waals surface area contributed by atoms with E-state index in [0.717, 1.165) is 23.1 Å². The van der Waals surface area contributed by atoms with Crippen LogP contribution in [0.5, 0.6) is 0 Å². The van der Waals surface area contributed by atoms with Crippen LogP contribution in [0, 0.1) is 10.1 Å². The Hall–Kier alpha value is -3.55. The van der Waals surface area contributed by atoms with Crippen molar-refractivity contribution in [2.24, 2.45) is 0 Å². The fourth-order valence-electron chi connectivity index (χ4n) is 2.57. The van der Waals surface area contributed by atoms with E-state index in [-0.39, 0.29) is 12.3 Å². The van der Waals surface area contributed by atoms with E-state index < -0.39 is 11.0 Å². The van der Waals surface area contributed by atoms with Crippen molar-refractivity contribution in [1.82, 2.24) is 15.0 Å². The monoisotopic (exact) mass is 366 g/mol. The van der Waals surface area contributed by atoms with Gasteiger partial charge in [-0.2, -0.15) is 0 Å². The standard InChI is InChI=1S/C19H18N4O4/c1-2-3-13-27-19(24)22-18(15-9-11-16(12-10-15)23(25)26)17(20-21-22)14-7-5-4-6-8-14/h4-12H,2-3,13H2,1H3. The lowest BCUT2D eigenvalue weighted by atomic mass is 10.0. The average Bonchev–Trinajstić information content (AvgIpc) is 3.14. The Morgan fingerprint density at radius 3 is 2.44 bits per heavy atom. The van der Waals surface area contributed by atoms with Crippen LogP contribution in [0.4, 0.5) is 10.5 Å². The molecule has 1 heterocycles. The van der Waals surface area contributed by atoms with Crippen molar-refractivity contribution in [3.8, 4) is 22.5 Å². The molecule has 3 aromatic rings. The van der Waals surface area contributed by atoms with Gasteiger partial charge in [-0.15, -0.1) is 9.78 Å². The van der Waals surface area contributed by atoms with Gasteiger partial charge < -0.3 is 4.74 Å². The Morgan fingerprint density at radius 2 is 1.81 bits per heavy atom. The van der Waals surface area contributed by atoms with Gasteiger partial charge in [0.1, 0.15) is 11.4 Å². The summed E-state index contributed by atoms with van der Waals surface area (Å²) >= 11 is 0. The largest absolute Gasteiger partial charge is 0.448 e. The highest BCUT2D eigenvalue weighted by atomic mass is 16.6. The normalized spacial score (nSPS) is 10.6. The molecule has 3 rings (SSSR count). The van der Waals surface area contributed by atoms with Crippen molar-refractivity contribution < 1.29 is 14.5 Å². The predicted molar refractivity (Wildman–Crippen MR) is 99.2 cm³/mol. The molecular weight excluding hydrogens is 348 g/mol. The van der Waals surface area contributed by atoms with E-state index in [0.29, 0.717) is 17.0 Å². The molecule has 0 aliphatic carbocycles. The number of hydrogen-bond acceptors (Lipinski definition) is 6. The van der Waals surface area contributed by atoms with Gasteiger partial charge in [-0.3, -0.25) is 10.1 Å². The summed E-state index contributed by atoms with van der Waals surface area (Å²) in [6.07, 6.45) is 1.01. The highest BCUT2D eigenvalue weighted by molar-refractivity contribution is 5.85. The van der Waals surface area contributed by atoms with Gasteiger partial charge >= 0.3 is 6.09 Å². The van der Waals surface area contributed by atoms with Crippen molar-refractivity contribution in [2.75, 3.05) is 6.61 Å². The number of rotatable bonds is 6. The Morgan fingerprint density at radius 1 is 1.11 bits per heavy atom. The third-order valence-electron chi connectivity index (χ3n) is 3.97. The summed E-state index contributed by atoms with van der Waals surface area (Å²) in [6, 6.07) is 15.2. The van der Waals surface area contributed by atoms with E-state index in [4.69, 9.17) is 4.74 Å². The number of carbonyl (C=O) groups excluding carboxylic acids is 1. The number of nitro groups is 1. The van der Waals surface area contributed by atoms with Crippen molar-refractivity contribution in [3.05, 3.63) is 64.7 Å². The Bertz CT molecular complexity index is 936. The Labute approximate surface area is 155 Å². The van der Waals surface area contributed by atoms with Gasteiger partial charge in [0, 0.05) is 23.3 Å². The van der Waals surface area contributed by atoms with Crippen molar-refractivity contribution in [2.45, 2.75) is 19.8 Å². The lowest BCUT2D eigenvalue weighted by Crippen LogP contribution is -2.17. The lowest BCUT2D eigenvalue weighted by Gasteiger charge is -2.08. The molecule has 0 aliphatic rings. The van der Waals surface area contributed by atoms with Crippen molar-refractivity contribution in [3.63, 3.8) is 0 Å². The minimum atomic E-state index is -0.633. The molecule has 0 N–H and O–H groups in total. The molecule has 0 spiro atoms. The Balaban J connectivity index is 2.06. The first kappa shape index (κ1) is 18.2. The maximum Gasteiger partial charge on any atom is 0.436 e. The molecule has 8 heteroatoms. The van der Waals surface area contributed by atoms with Gasteiger partial charge in [-0.05, 0) is 18.6 Å². The van der Waals surface area contributed by atoms with E-state index in [1.165, 1.54) is 12.1 Å². The topological polar surface area (TPSA) is 100 Å². The quantitative estimate of drug-likeness (QED) is 0.366. The lowest BCUT2D eigenvalue weighted by molar-refractivity contribution is -0.384. The summed E-state index contributed by atoms with van der Waals surface area (Å²) < 4.78 is 6.35. The zero-order valence-electron chi connectivity index (χ0n) is 14.7. The molecule has 0 fully saturated rings. The van der Waals surface area contributed by atoms with E-state index >= 15 is 0 Å². The maximum atomic E-state index is 12.5. The van der Waals surface area contributed by atoms with Gasteiger partial charge in [0.2, 0.25) is 0 Å². The summed E-state index contributed by atoms with van der Waals surface area (Å²) in [6.45, 7) is 2.29. The molecule has 0 radical (unpaired) electrons. The SMILES string of the molecule is CCCCOC(=O)n1nnc(-c2ccccc2)c1-c1ccc([N+](=O)[O-])cc1. The molecule has 27 heavy (non-hydrogen) atoms. The highest BCUT2D eigenvalue weighted by Crippen LogP contribution is 2.31. The number of nitro benzene ring substituents is 1. The number of benzene rings is 2. The second-order valence-electron chi connectivity index (χ2n) is 5.84. The van der Waals surface area contributed by atoms with E-state index in [2.05, 4.69) is 10.3 Å². The second kappa shape index (κ2) is 8.22. The molecule has 0 atom stereocenters. The van der Waals surface area contributed by atoms with Gasteiger partial charge in [0.05, 0.1) is 11.5 Å². The van der Waals surface area contributed by atoms with Crippen LogP contribution >= 0.6 is 0 Å². The number of non-ortho nitro benzene ring substituents is 1. The zero-order valence-corrected chi connectivity index (χ0v) is 14.7. The molecule has 0 amide bonds. The number of carbonyl (C=O) groups is 1. The van der Waals surface area contributed by atoms with Crippen molar-refractivity contribution in [1.29, 1.82) is 0 Å². The molecule has 0 unspecified atom stereocenters. The van der Waals surface area contributed by atoms with Crippen LogP contribution in [0.25, 0.3) is 22.5 Å². The first-order valence-corrected chi connectivity index (χ1v) is 8.55. The number of unbranched alkanes of at least 4 members (excludes halogenated alkanes) is 1. The molecule has 0 bridgehead atoms. The number of aromatic nitrogens is 3. The number of nitrogens with zero attached hydrogens (tertiary/aromatic N) is 4. The van der Waals surface area contributed by atoms with Crippen molar-refractivity contribution >= 4 is 11.8 Å². The zero-order chi connectivity index (χ0) is 19.2. The molecule has 1 aromatic heterocycles. The van der Waals surface area contributed by atoms with Crippen LogP contribution in [-0.2, 0) is 4.74 Å². The number of hydrogen-bond donors (Lipinski definition) is 0. The van der Waals surface area contributed by atoms with E-state index in [1.54, 1.807) is 12.1 Å². The first-order valence-electron chi connectivity index (χ1n) is 8.55. The van der Waals surface area contributed by atoms with Crippen LogP contribution in [0.15, 0.2) is 54.6 Å². The molecule has 138 valence electrons. The predicted octanol–water partition coefficient (Wildman–Crippen LogP) is 4.31. The molecule has 0 saturated heterocycles. The summed E-state index contributed by atoms with van der Waals surface area (Å²) in [5.74, 6) is 0. The summed E-state index contributed by atoms with van der Waals surface area (Å²) in [7, 11) is 0. The van der Waals surface area contributed by atoms with Gasteiger partial charge in [0.15, 0.2) is 0 Å². The van der Waals surface area contributed by atoms with Crippen LogP contribution in [0.1, 0.15) is 19.8 Å². The summed E-state index contributed by atoms with van der Waals surface area (Å²) in [5.41, 5.74) is 2.24. The third kappa shape index (κ3) is 4.00. The molecular formula is C19H18N4O4. The fraction of sp³-hybridized carbons (Fsp3) is 0.211. The molecule has 8 nitrogen and oxygen atoms in total. The molecule has 0 saturated carbocycles. The summed E-state index contributed by atoms with van der Waals surface area (Å²) in [4.78, 5) is 22.9. The summed E-state index contributed by atoms with van der Waals surface area (Å²) in [5, 5.41) is 19.0. The van der Waals surface area contributed by atoms with Crippen LogP contribution < -0.4 is 0 Å². The minimum absolute atomic E-state index is 0.0374. The first-order chi connectivity index (χ1) is 13.1. The number of ether oxygens (including phenoxy) is 1. The maximum absolute atomic E-state index is 12.5. The van der Waals surface area contributed by atoms with Gasteiger partial charge in [-0.1, -0.05) is 48.9 Å². The highest BCUT2D eigenvalue weighted by Gasteiger charge is 2.22. The molecule has 2 aromatic carbocycles. The van der Waals surface area contributed by atoms with Gasteiger partial charge in [0.25, 0.3) is 5.69 Å². The Kier molecular flexibility index (Phi) is 5.55. The second-order valence-corrected chi connectivity index (χ2v) is 5.84. The molecule has 0 aliphatic heterocycles. The fourth-order valence-corrected chi connectivity index (χ4v) is 2.57. The minimum Gasteiger partial charge on any atom is -0.448 e. The van der Waals surface area contributed by atoms with Gasteiger partial charge in [-0.25, -0.2) is 4.79 Å². The average molecular weight is 366 g/mol. The smallest absolute Gasteiger partial charge is 0.436 e.